The fourth-order valence-corrected chi connectivity index (χ4v) is 13.4. The Morgan fingerprint density at radius 1 is 0.527 bits per heavy atom. The van der Waals surface area contributed by atoms with Crippen LogP contribution in [0.1, 0.15) is 238 Å². The van der Waals surface area contributed by atoms with Crippen LogP contribution >= 0.6 is 0 Å². The van der Waals surface area contributed by atoms with Gasteiger partial charge in [-0.15, -0.1) is 0 Å². The van der Waals surface area contributed by atoms with Gasteiger partial charge in [0.2, 0.25) is 0 Å². The van der Waals surface area contributed by atoms with E-state index in [4.69, 9.17) is 22.1 Å². The zero-order valence-corrected chi connectivity index (χ0v) is 36.6. The van der Waals surface area contributed by atoms with Crippen molar-refractivity contribution in [3.8, 4) is 0 Å². The van der Waals surface area contributed by atoms with Crippen LogP contribution in [-0.4, -0.2) is 45.4 Å². The molecule has 6 rings (SSSR count). The highest BCUT2D eigenvalue weighted by molar-refractivity contribution is 6.11. The van der Waals surface area contributed by atoms with E-state index in [2.05, 4.69) is 6.92 Å². The fourth-order valence-electron chi connectivity index (χ4n) is 13.4. The summed E-state index contributed by atoms with van der Waals surface area (Å²) in [6, 6.07) is -0.207. The third-order valence-corrected chi connectivity index (χ3v) is 16.9. The van der Waals surface area contributed by atoms with Crippen molar-refractivity contribution in [2.24, 2.45) is 47.3 Å². The van der Waals surface area contributed by atoms with Crippen molar-refractivity contribution in [3.05, 3.63) is 0 Å². The standard InChI is InChI=1S/C51H91BO3/c1-2-3-9-20-44(42-21-10-5-4-6-11-22-42)27-16-18-40-19-17-28-48(36-31-40)54-49-37-51(52)55-50(49)39-53-38-41-29-32-47(33-30-41)46-26-15-14-25-45(34-35-46)43-23-12-7-8-13-24-43/h40-51H,2-39H2,1H3/t40?,41?,44?,45?,46?,47?,48?,49?,50-,51-/m1/s1. The van der Waals surface area contributed by atoms with Crippen molar-refractivity contribution >= 4 is 7.85 Å². The van der Waals surface area contributed by atoms with E-state index in [-0.39, 0.29) is 18.2 Å². The highest BCUT2D eigenvalue weighted by Crippen LogP contribution is 2.43. The van der Waals surface area contributed by atoms with Crippen molar-refractivity contribution in [2.75, 3.05) is 13.2 Å². The Kier molecular flexibility index (Phi) is 20.7. The number of hydrogen-bond acceptors (Lipinski definition) is 3. The van der Waals surface area contributed by atoms with E-state index in [9.17, 15) is 0 Å². The van der Waals surface area contributed by atoms with Crippen LogP contribution in [0.3, 0.4) is 0 Å². The molecule has 1 aliphatic heterocycles. The summed E-state index contributed by atoms with van der Waals surface area (Å²) >= 11 is 0. The molecule has 6 aliphatic rings. The van der Waals surface area contributed by atoms with Crippen LogP contribution in [-0.2, 0) is 14.2 Å². The number of hydrogen-bond donors (Lipinski definition) is 0. The first-order chi connectivity index (χ1) is 27.1. The maximum absolute atomic E-state index is 6.87. The Morgan fingerprint density at radius 2 is 1.09 bits per heavy atom. The van der Waals surface area contributed by atoms with E-state index < -0.39 is 0 Å². The molecule has 316 valence electrons. The maximum Gasteiger partial charge on any atom is 0.109 e. The van der Waals surface area contributed by atoms with E-state index in [0.717, 1.165) is 60.4 Å². The molecule has 55 heavy (non-hydrogen) atoms. The predicted molar refractivity (Wildman–Crippen MR) is 234 cm³/mol. The Bertz CT molecular complexity index is 965. The summed E-state index contributed by atoms with van der Waals surface area (Å²) in [4.78, 5) is 0. The van der Waals surface area contributed by atoms with Gasteiger partial charge in [0, 0.05) is 12.6 Å². The second-order valence-corrected chi connectivity index (χ2v) is 20.9. The van der Waals surface area contributed by atoms with Gasteiger partial charge in [-0.05, 0) is 112 Å². The van der Waals surface area contributed by atoms with Crippen LogP contribution in [0.2, 0.25) is 0 Å². The second kappa shape index (κ2) is 25.5. The largest absolute Gasteiger partial charge is 0.380 e. The Labute approximate surface area is 343 Å². The summed E-state index contributed by atoms with van der Waals surface area (Å²) in [6.45, 7) is 3.92. The first-order valence-electron chi connectivity index (χ1n) is 25.8. The zero-order valence-electron chi connectivity index (χ0n) is 36.6. The Balaban J connectivity index is 0.860. The molecule has 4 heteroatoms. The van der Waals surface area contributed by atoms with Gasteiger partial charge in [-0.25, -0.2) is 0 Å². The first kappa shape index (κ1) is 44.5. The highest BCUT2D eigenvalue weighted by atomic mass is 16.6. The second-order valence-electron chi connectivity index (χ2n) is 20.9. The molecule has 0 spiro atoms. The van der Waals surface area contributed by atoms with Crippen molar-refractivity contribution in [2.45, 2.75) is 262 Å². The fraction of sp³-hybridized carbons (Fsp3) is 1.00. The lowest BCUT2D eigenvalue weighted by atomic mass is 9.69. The molecule has 0 aromatic heterocycles. The quantitative estimate of drug-likeness (QED) is 0.0839. The molecule has 5 aliphatic carbocycles. The summed E-state index contributed by atoms with van der Waals surface area (Å²) in [5, 5.41) is 0. The Hall–Kier alpha value is -0.0551. The molecule has 6 unspecified atom stereocenters. The third kappa shape index (κ3) is 15.5. The van der Waals surface area contributed by atoms with Crippen LogP contribution in [0, 0.1) is 47.3 Å². The summed E-state index contributed by atoms with van der Waals surface area (Å²) in [6.07, 6.45) is 52.1. The van der Waals surface area contributed by atoms with Crippen LogP contribution < -0.4 is 0 Å². The molecular weight excluding hydrogens is 671 g/mol. The van der Waals surface area contributed by atoms with Crippen molar-refractivity contribution in [1.82, 2.24) is 0 Å². The molecule has 0 N–H and O–H groups in total. The lowest BCUT2D eigenvalue weighted by molar-refractivity contribution is -0.0875. The van der Waals surface area contributed by atoms with E-state index >= 15 is 0 Å². The van der Waals surface area contributed by atoms with Crippen molar-refractivity contribution < 1.29 is 14.2 Å². The van der Waals surface area contributed by atoms with Gasteiger partial charge in [-0.2, -0.15) is 0 Å². The first-order valence-corrected chi connectivity index (χ1v) is 25.8. The van der Waals surface area contributed by atoms with E-state index in [1.165, 1.54) is 225 Å². The summed E-state index contributed by atoms with van der Waals surface area (Å²) in [5.74, 6) is 7.68. The van der Waals surface area contributed by atoms with Gasteiger partial charge in [0.1, 0.15) is 14.0 Å². The third-order valence-electron chi connectivity index (χ3n) is 16.9. The SMILES string of the molecule is [B][C@H]1CC(OC2CCCC(CCCC(CCCCC)C3CCCCCCC3)CC2)[C@@H](COCC2CCC(C3CCCCC(C4CCCCCC4)CC3)CC2)O1. The molecule has 1 saturated heterocycles. The van der Waals surface area contributed by atoms with Gasteiger partial charge >= 0.3 is 0 Å². The van der Waals surface area contributed by atoms with Crippen LogP contribution in [0.5, 0.6) is 0 Å². The average Bonchev–Trinajstić information content (AvgIpc) is 3.34. The van der Waals surface area contributed by atoms with E-state index in [1.807, 2.05) is 0 Å². The molecule has 0 amide bonds. The van der Waals surface area contributed by atoms with Crippen LogP contribution in [0.15, 0.2) is 0 Å². The molecule has 1 heterocycles. The topological polar surface area (TPSA) is 27.7 Å². The minimum atomic E-state index is -0.207. The van der Waals surface area contributed by atoms with Crippen LogP contribution in [0.25, 0.3) is 0 Å². The maximum atomic E-state index is 6.87. The van der Waals surface area contributed by atoms with Gasteiger partial charge in [0.25, 0.3) is 0 Å². The predicted octanol–water partition coefficient (Wildman–Crippen LogP) is 14.7. The van der Waals surface area contributed by atoms with Gasteiger partial charge in [-0.1, -0.05) is 174 Å². The monoisotopic (exact) mass is 763 g/mol. The lowest BCUT2D eigenvalue weighted by Gasteiger charge is -2.37. The van der Waals surface area contributed by atoms with Crippen molar-refractivity contribution in [3.63, 3.8) is 0 Å². The molecule has 3 nitrogen and oxygen atoms in total. The minimum absolute atomic E-state index is 0.000328. The van der Waals surface area contributed by atoms with E-state index in [0.29, 0.717) is 12.7 Å². The molecule has 0 aromatic carbocycles. The lowest BCUT2D eigenvalue weighted by Crippen LogP contribution is -2.33. The summed E-state index contributed by atoms with van der Waals surface area (Å²) < 4.78 is 19.6. The average molecular weight is 763 g/mol. The normalized spacial score (nSPS) is 36.2. The van der Waals surface area contributed by atoms with Gasteiger partial charge in [-0.3, -0.25) is 0 Å². The Morgan fingerprint density at radius 3 is 1.78 bits per heavy atom. The van der Waals surface area contributed by atoms with Gasteiger partial charge in [0.05, 0.1) is 18.8 Å². The number of rotatable bonds is 17. The highest BCUT2D eigenvalue weighted by Gasteiger charge is 2.37. The molecule has 0 aromatic rings. The smallest absolute Gasteiger partial charge is 0.109 e. The minimum Gasteiger partial charge on any atom is -0.380 e. The molecule has 2 radical (unpaired) electrons. The summed E-state index contributed by atoms with van der Waals surface area (Å²) in [7, 11) is 6.38. The summed E-state index contributed by atoms with van der Waals surface area (Å²) in [5.41, 5.74) is 0. The van der Waals surface area contributed by atoms with E-state index in [1.54, 1.807) is 0 Å². The van der Waals surface area contributed by atoms with Crippen molar-refractivity contribution in [1.29, 1.82) is 0 Å². The van der Waals surface area contributed by atoms with Gasteiger partial charge in [0.15, 0.2) is 0 Å². The number of ether oxygens (including phenoxy) is 3. The molecular formula is C51H91BO3. The zero-order chi connectivity index (χ0) is 37.9. The number of unbranched alkanes of at least 4 members (excludes halogenated alkanes) is 2. The molecule has 6 fully saturated rings. The van der Waals surface area contributed by atoms with Gasteiger partial charge < -0.3 is 14.2 Å². The molecule has 5 saturated carbocycles. The van der Waals surface area contributed by atoms with Crippen LogP contribution in [0.4, 0.5) is 0 Å². The molecule has 8 atom stereocenters. The molecule has 0 bridgehead atoms.